The van der Waals surface area contributed by atoms with Gasteiger partial charge in [-0.15, -0.1) is 0 Å². The first-order valence-electron chi connectivity index (χ1n) is 8.02. The van der Waals surface area contributed by atoms with Gasteiger partial charge in [-0.1, -0.05) is 57.4 Å². The smallest absolute Gasteiger partial charge is 0.118 e. The highest BCUT2D eigenvalue weighted by Crippen LogP contribution is 2.54. The summed E-state index contributed by atoms with van der Waals surface area (Å²) in [7, 11) is 1.72. The van der Waals surface area contributed by atoms with Crippen molar-refractivity contribution in [1.29, 1.82) is 0 Å². The van der Waals surface area contributed by atoms with E-state index in [2.05, 4.69) is 50.3 Å². The summed E-state index contributed by atoms with van der Waals surface area (Å²) in [4.78, 5) is 0. The Morgan fingerprint density at radius 2 is 1.95 bits per heavy atom. The van der Waals surface area contributed by atoms with E-state index >= 15 is 0 Å². The molecule has 0 N–H and O–H groups in total. The van der Waals surface area contributed by atoms with Crippen molar-refractivity contribution in [2.75, 3.05) is 7.11 Å². The topological polar surface area (TPSA) is 9.23 Å². The average molecular weight is 272 g/mol. The van der Waals surface area contributed by atoms with Crippen LogP contribution in [-0.4, -0.2) is 7.11 Å². The molecular formula is C19H28O. The van der Waals surface area contributed by atoms with Crippen LogP contribution in [0.5, 0.6) is 5.75 Å². The molecule has 1 fully saturated rings. The van der Waals surface area contributed by atoms with Gasteiger partial charge in [0.1, 0.15) is 5.75 Å². The summed E-state index contributed by atoms with van der Waals surface area (Å²) < 4.78 is 5.23. The molecule has 1 aliphatic rings. The van der Waals surface area contributed by atoms with E-state index in [1.807, 2.05) is 0 Å². The molecule has 2 atom stereocenters. The first-order valence-corrected chi connectivity index (χ1v) is 8.02. The molecule has 0 bridgehead atoms. The first-order chi connectivity index (χ1) is 9.70. The maximum absolute atomic E-state index is 5.23. The van der Waals surface area contributed by atoms with Gasteiger partial charge < -0.3 is 4.74 Å². The lowest BCUT2D eigenvalue weighted by Gasteiger charge is -2.11. The van der Waals surface area contributed by atoms with Crippen molar-refractivity contribution in [3.8, 4) is 5.75 Å². The minimum atomic E-state index is 0.353. The Balaban J connectivity index is 1.80. The van der Waals surface area contributed by atoms with E-state index in [-0.39, 0.29) is 0 Å². The number of ether oxygens (including phenoxy) is 1. The third-order valence-electron chi connectivity index (χ3n) is 4.64. The molecule has 0 unspecified atom stereocenters. The van der Waals surface area contributed by atoms with E-state index in [0.717, 1.165) is 11.7 Å². The lowest BCUT2D eigenvalue weighted by atomic mass is 9.95. The van der Waals surface area contributed by atoms with Crippen LogP contribution in [0.3, 0.4) is 0 Å². The molecule has 1 aromatic carbocycles. The number of benzene rings is 1. The molecule has 1 saturated carbocycles. The maximum atomic E-state index is 5.23. The summed E-state index contributed by atoms with van der Waals surface area (Å²) >= 11 is 0. The molecule has 0 aromatic heterocycles. The van der Waals surface area contributed by atoms with Crippen molar-refractivity contribution in [1.82, 2.24) is 0 Å². The molecule has 1 aromatic rings. The fourth-order valence-electron chi connectivity index (χ4n) is 2.93. The Kier molecular flexibility index (Phi) is 5.28. The zero-order chi connectivity index (χ0) is 14.4. The van der Waals surface area contributed by atoms with Crippen LogP contribution < -0.4 is 4.74 Å². The molecule has 20 heavy (non-hydrogen) atoms. The number of hydrogen-bond donors (Lipinski definition) is 0. The van der Waals surface area contributed by atoms with Gasteiger partial charge in [-0.3, -0.25) is 0 Å². The summed E-state index contributed by atoms with van der Waals surface area (Å²) in [5, 5.41) is 0. The van der Waals surface area contributed by atoms with E-state index < -0.39 is 0 Å². The molecular weight excluding hydrogens is 244 g/mol. The Morgan fingerprint density at radius 1 is 1.20 bits per heavy atom. The van der Waals surface area contributed by atoms with Crippen molar-refractivity contribution >= 4 is 0 Å². The molecule has 0 heterocycles. The number of rotatable bonds is 8. The fraction of sp³-hybridized carbons (Fsp3) is 0.579. The molecule has 1 heteroatoms. The van der Waals surface area contributed by atoms with Gasteiger partial charge in [0.2, 0.25) is 0 Å². The summed E-state index contributed by atoms with van der Waals surface area (Å²) in [6.07, 6.45) is 12.8. The molecule has 1 aliphatic carbocycles. The fourth-order valence-corrected chi connectivity index (χ4v) is 2.93. The number of allylic oxidation sites excluding steroid dienone is 2. The molecule has 0 radical (unpaired) electrons. The molecule has 0 spiro atoms. The number of hydrogen-bond acceptors (Lipinski definition) is 1. The second kappa shape index (κ2) is 6.97. The molecule has 110 valence electrons. The highest BCUT2D eigenvalue weighted by molar-refractivity contribution is 5.38. The van der Waals surface area contributed by atoms with Crippen molar-refractivity contribution in [2.24, 2.45) is 5.92 Å². The van der Waals surface area contributed by atoms with E-state index in [1.165, 1.54) is 44.1 Å². The van der Waals surface area contributed by atoms with Gasteiger partial charge in [0.25, 0.3) is 0 Å². The summed E-state index contributed by atoms with van der Waals surface area (Å²) in [5.41, 5.74) is 1.80. The van der Waals surface area contributed by atoms with E-state index in [4.69, 9.17) is 4.74 Å². The third-order valence-corrected chi connectivity index (χ3v) is 4.64. The van der Waals surface area contributed by atoms with Gasteiger partial charge in [-0.05, 0) is 48.3 Å². The van der Waals surface area contributed by atoms with Crippen LogP contribution in [0.2, 0.25) is 0 Å². The van der Waals surface area contributed by atoms with Gasteiger partial charge in [-0.25, -0.2) is 0 Å². The predicted octanol–water partition coefficient (Wildman–Crippen LogP) is 5.50. The van der Waals surface area contributed by atoms with Crippen LogP contribution in [0.4, 0.5) is 0 Å². The summed E-state index contributed by atoms with van der Waals surface area (Å²) in [5.74, 6) is 1.67. The van der Waals surface area contributed by atoms with Gasteiger partial charge in [-0.2, -0.15) is 0 Å². The Bertz CT molecular complexity index is 432. The normalized spacial score (nSPS) is 25.1. The zero-order valence-corrected chi connectivity index (χ0v) is 13.2. The Hall–Kier alpha value is -1.24. The second-order valence-electron chi connectivity index (χ2n) is 6.23. The predicted molar refractivity (Wildman–Crippen MR) is 86.4 cm³/mol. The lowest BCUT2D eigenvalue weighted by Crippen LogP contribution is -2.03. The number of unbranched alkanes of at least 4 members (excludes halogenated alkanes) is 4. The maximum Gasteiger partial charge on any atom is 0.118 e. The SMILES string of the molecule is CCCCCC/C=C/[C@@H]1C[C@@]1(C)c1ccc(OC)cc1. The highest BCUT2D eigenvalue weighted by atomic mass is 16.5. The van der Waals surface area contributed by atoms with Crippen LogP contribution in [-0.2, 0) is 5.41 Å². The Morgan fingerprint density at radius 3 is 2.60 bits per heavy atom. The van der Waals surface area contributed by atoms with Crippen LogP contribution in [0.1, 0.15) is 57.9 Å². The van der Waals surface area contributed by atoms with Crippen molar-refractivity contribution in [2.45, 2.75) is 57.8 Å². The molecule has 0 amide bonds. The number of methoxy groups -OCH3 is 1. The quantitative estimate of drug-likeness (QED) is 0.448. The van der Waals surface area contributed by atoms with Crippen LogP contribution in [0, 0.1) is 5.92 Å². The monoisotopic (exact) mass is 272 g/mol. The average Bonchev–Trinajstić information content (AvgIpc) is 3.15. The van der Waals surface area contributed by atoms with E-state index in [1.54, 1.807) is 7.11 Å². The van der Waals surface area contributed by atoms with E-state index in [9.17, 15) is 0 Å². The lowest BCUT2D eigenvalue weighted by molar-refractivity contribution is 0.414. The van der Waals surface area contributed by atoms with Gasteiger partial charge in [0.05, 0.1) is 7.11 Å². The van der Waals surface area contributed by atoms with Crippen LogP contribution >= 0.6 is 0 Å². The highest BCUT2D eigenvalue weighted by Gasteiger charge is 2.49. The van der Waals surface area contributed by atoms with Gasteiger partial charge in [0.15, 0.2) is 0 Å². The third kappa shape index (κ3) is 3.65. The molecule has 0 saturated heterocycles. The largest absolute Gasteiger partial charge is 0.497 e. The molecule has 2 rings (SSSR count). The van der Waals surface area contributed by atoms with Crippen molar-refractivity contribution in [3.05, 3.63) is 42.0 Å². The van der Waals surface area contributed by atoms with E-state index in [0.29, 0.717) is 5.41 Å². The van der Waals surface area contributed by atoms with Crippen molar-refractivity contribution in [3.63, 3.8) is 0 Å². The standard InChI is InChI=1S/C19H28O/c1-4-5-6-7-8-9-10-17-15-19(17,2)16-11-13-18(20-3)14-12-16/h9-14,17H,4-8,15H2,1-3H3/b10-9+/t17-,19+/m1/s1. The summed E-state index contributed by atoms with van der Waals surface area (Å²) in [6.45, 7) is 4.64. The van der Waals surface area contributed by atoms with Crippen LogP contribution in [0.25, 0.3) is 0 Å². The summed E-state index contributed by atoms with van der Waals surface area (Å²) in [6, 6.07) is 8.58. The van der Waals surface area contributed by atoms with Crippen LogP contribution in [0.15, 0.2) is 36.4 Å². The molecule has 0 aliphatic heterocycles. The second-order valence-corrected chi connectivity index (χ2v) is 6.23. The minimum Gasteiger partial charge on any atom is -0.497 e. The minimum absolute atomic E-state index is 0.353. The Labute approximate surface area is 124 Å². The first kappa shape index (κ1) is 15.2. The van der Waals surface area contributed by atoms with Gasteiger partial charge >= 0.3 is 0 Å². The molecule has 1 nitrogen and oxygen atoms in total. The van der Waals surface area contributed by atoms with Gasteiger partial charge in [0, 0.05) is 0 Å². The van der Waals surface area contributed by atoms with Crippen molar-refractivity contribution < 1.29 is 4.74 Å². The zero-order valence-electron chi connectivity index (χ0n) is 13.2.